The molecule has 0 unspecified atom stereocenters. The van der Waals surface area contributed by atoms with Crippen LogP contribution in [-0.4, -0.2) is 16.9 Å². The Labute approximate surface area is 126 Å². The van der Waals surface area contributed by atoms with Crippen LogP contribution in [0.3, 0.4) is 0 Å². The predicted octanol–water partition coefficient (Wildman–Crippen LogP) is 3.18. The summed E-state index contributed by atoms with van der Waals surface area (Å²) in [4.78, 5) is 15.7. The summed E-state index contributed by atoms with van der Waals surface area (Å²) in [6.07, 6.45) is 1.25. The topological polar surface area (TPSA) is 64.4 Å². The van der Waals surface area contributed by atoms with Gasteiger partial charge in [-0.1, -0.05) is 11.6 Å². The van der Waals surface area contributed by atoms with Gasteiger partial charge in [0.05, 0.1) is 5.02 Å². The number of halogens is 2. The predicted molar refractivity (Wildman–Crippen MR) is 74.8 cm³/mol. The van der Waals surface area contributed by atoms with Crippen molar-refractivity contribution in [2.24, 2.45) is 0 Å². The van der Waals surface area contributed by atoms with Gasteiger partial charge >= 0.3 is 0 Å². The fraction of sp³-hybridized carbons (Fsp3) is 0.286. The van der Waals surface area contributed by atoms with Gasteiger partial charge in [-0.2, -0.15) is 0 Å². The van der Waals surface area contributed by atoms with Crippen molar-refractivity contribution in [2.75, 3.05) is 0 Å². The molecule has 1 heterocycles. The molecule has 5 nitrogen and oxygen atoms in total. The van der Waals surface area contributed by atoms with E-state index in [4.69, 9.17) is 20.8 Å². The minimum Gasteiger partial charge on any atom is -0.482 e. The van der Waals surface area contributed by atoms with Crippen molar-refractivity contribution in [3.05, 3.63) is 46.9 Å². The number of benzene rings is 1. The third-order valence-corrected chi connectivity index (χ3v) is 2.74. The first-order valence-corrected chi connectivity index (χ1v) is 6.66. The highest BCUT2D eigenvalue weighted by molar-refractivity contribution is 6.32. The Hall–Kier alpha value is -2.08. The van der Waals surface area contributed by atoms with E-state index < -0.39 is 5.82 Å². The van der Waals surface area contributed by atoms with Gasteiger partial charge in [0.25, 0.3) is 5.91 Å². The molecule has 1 aromatic heterocycles. The number of ether oxygens (including phenoxy) is 1. The number of nitrogens with zero attached hydrogens (tertiary/aromatic N) is 1. The second kappa shape index (κ2) is 6.58. The van der Waals surface area contributed by atoms with Gasteiger partial charge < -0.3 is 14.5 Å². The summed E-state index contributed by atoms with van der Waals surface area (Å²) in [6.45, 7) is 3.68. The molecule has 7 heteroatoms. The second-order valence-electron chi connectivity index (χ2n) is 4.62. The van der Waals surface area contributed by atoms with E-state index in [-0.39, 0.29) is 35.2 Å². The van der Waals surface area contributed by atoms with E-state index in [0.29, 0.717) is 5.75 Å². The van der Waals surface area contributed by atoms with Gasteiger partial charge in [0.15, 0.2) is 12.3 Å². The van der Waals surface area contributed by atoms with Crippen molar-refractivity contribution in [1.29, 1.82) is 0 Å². The van der Waals surface area contributed by atoms with Gasteiger partial charge in [0.2, 0.25) is 5.89 Å². The molecular formula is C14H14ClFN2O3. The molecule has 2 rings (SSSR count). The highest BCUT2D eigenvalue weighted by Crippen LogP contribution is 2.25. The number of amides is 1. The van der Waals surface area contributed by atoms with Crippen LogP contribution in [0.4, 0.5) is 4.39 Å². The van der Waals surface area contributed by atoms with Crippen LogP contribution in [0.5, 0.6) is 5.75 Å². The van der Waals surface area contributed by atoms with E-state index in [9.17, 15) is 9.18 Å². The molecule has 0 atom stereocenters. The lowest BCUT2D eigenvalue weighted by atomic mass is 10.3. The molecule has 0 aliphatic heterocycles. The van der Waals surface area contributed by atoms with Crippen molar-refractivity contribution in [3.8, 4) is 5.75 Å². The Morgan fingerprint density at radius 3 is 2.95 bits per heavy atom. The Balaban J connectivity index is 1.98. The quantitative estimate of drug-likeness (QED) is 0.921. The molecule has 0 aliphatic carbocycles. The average Bonchev–Trinajstić information content (AvgIpc) is 2.86. The zero-order chi connectivity index (χ0) is 15.4. The summed E-state index contributed by atoms with van der Waals surface area (Å²) in [5.41, 5.74) is 0.174. The maximum Gasteiger partial charge on any atom is 0.273 e. The van der Waals surface area contributed by atoms with E-state index in [1.807, 2.05) is 13.8 Å². The Morgan fingerprint density at radius 2 is 2.29 bits per heavy atom. The Morgan fingerprint density at radius 1 is 1.52 bits per heavy atom. The minimum atomic E-state index is -0.448. The number of carbonyl (C=O) groups excluding carboxylic acids is 1. The zero-order valence-corrected chi connectivity index (χ0v) is 12.3. The molecule has 1 amide bonds. The first-order chi connectivity index (χ1) is 9.95. The largest absolute Gasteiger partial charge is 0.482 e. The number of oxazole rings is 1. The van der Waals surface area contributed by atoms with Crippen LogP contribution in [0, 0.1) is 5.82 Å². The van der Waals surface area contributed by atoms with Crippen molar-refractivity contribution < 1.29 is 18.3 Å². The second-order valence-corrected chi connectivity index (χ2v) is 5.03. The SMILES string of the molecule is CC(C)NC(=O)c1coc(COc2ccc(F)cc2Cl)n1. The fourth-order valence-electron chi connectivity index (χ4n) is 1.55. The van der Waals surface area contributed by atoms with Crippen LogP contribution in [-0.2, 0) is 6.61 Å². The summed E-state index contributed by atoms with van der Waals surface area (Å²) in [6, 6.07) is 3.80. The molecule has 21 heavy (non-hydrogen) atoms. The van der Waals surface area contributed by atoms with E-state index in [1.54, 1.807) is 0 Å². The number of hydrogen-bond acceptors (Lipinski definition) is 4. The highest BCUT2D eigenvalue weighted by Gasteiger charge is 2.13. The van der Waals surface area contributed by atoms with Gasteiger partial charge in [0, 0.05) is 6.04 Å². The van der Waals surface area contributed by atoms with Gasteiger partial charge in [-0.3, -0.25) is 4.79 Å². The monoisotopic (exact) mass is 312 g/mol. The third-order valence-electron chi connectivity index (χ3n) is 2.45. The first kappa shape index (κ1) is 15.3. The smallest absolute Gasteiger partial charge is 0.273 e. The summed E-state index contributed by atoms with van der Waals surface area (Å²) in [5.74, 6) is -0.232. The van der Waals surface area contributed by atoms with Gasteiger partial charge in [-0.05, 0) is 32.0 Å². The third kappa shape index (κ3) is 4.19. The zero-order valence-electron chi connectivity index (χ0n) is 11.5. The van der Waals surface area contributed by atoms with Crippen molar-refractivity contribution >= 4 is 17.5 Å². The van der Waals surface area contributed by atoms with Gasteiger partial charge in [0.1, 0.15) is 17.8 Å². The van der Waals surface area contributed by atoms with Crippen molar-refractivity contribution in [3.63, 3.8) is 0 Å². The minimum absolute atomic E-state index is 0.00641. The summed E-state index contributed by atoms with van der Waals surface area (Å²) in [5, 5.41) is 2.85. The van der Waals surface area contributed by atoms with Crippen LogP contribution >= 0.6 is 11.6 Å². The maximum atomic E-state index is 12.9. The fourth-order valence-corrected chi connectivity index (χ4v) is 1.77. The molecule has 0 radical (unpaired) electrons. The van der Waals surface area contributed by atoms with Gasteiger partial charge in [-0.15, -0.1) is 0 Å². The molecule has 1 N–H and O–H groups in total. The van der Waals surface area contributed by atoms with E-state index in [2.05, 4.69) is 10.3 Å². The highest BCUT2D eigenvalue weighted by atomic mass is 35.5. The van der Waals surface area contributed by atoms with Crippen molar-refractivity contribution in [1.82, 2.24) is 10.3 Å². The molecule has 0 saturated carbocycles. The lowest BCUT2D eigenvalue weighted by molar-refractivity contribution is 0.0938. The standard InChI is InChI=1S/C14H14ClFN2O3/c1-8(2)17-14(19)11-6-21-13(18-11)7-20-12-4-3-9(16)5-10(12)15/h3-6,8H,7H2,1-2H3,(H,17,19). The molecule has 2 aromatic rings. The maximum absolute atomic E-state index is 12.9. The van der Waals surface area contributed by atoms with E-state index in [0.717, 1.165) is 6.07 Å². The number of aromatic nitrogens is 1. The van der Waals surface area contributed by atoms with Crippen LogP contribution in [0.25, 0.3) is 0 Å². The molecule has 0 aliphatic rings. The van der Waals surface area contributed by atoms with Crippen LogP contribution < -0.4 is 10.1 Å². The first-order valence-electron chi connectivity index (χ1n) is 6.29. The van der Waals surface area contributed by atoms with Crippen LogP contribution in [0.1, 0.15) is 30.2 Å². The molecule has 1 aromatic carbocycles. The Bertz CT molecular complexity index is 643. The normalized spacial score (nSPS) is 10.7. The summed E-state index contributed by atoms with van der Waals surface area (Å²) < 4.78 is 23.4. The van der Waals surface area contributed by atoms with E-state index in [1.165, 1.54) is 18.4 Å². The Kier molecular flexibility index (Phi) is 4.80. The number of rotatable bonds is 5. The average molecular weight is 313 g/mol. The van der Waals surface area contributed by atoms with E-state index >= 15 is 0 Å². The molecule has 0 bridgehead atoms. The molecule has 0 spiro atoms. The lowest BCUT2D eigenvalue weighted by Gasteiger charge is -2.05. The van der Waals surface area contributed by atoms with Crippen molar-refractivity contribution in [2.45, 2.75) is 26.5 Å². The van der Waals surface area contributed by atoms with Crippen LogP contribution in [0.2, 0.25) is 5.02 Å². The molecule has 112 valence electrons. The molecule has 0 fully saturated rings. The summed E-state index contributed by atoms with van der Waals surface area (Å²) in [7, 11) is 0. The lowest BCUT2D eigenvalue weighted by Crippen LogP contribution is -2.30. The van der Waals surface area contributed by atoms with Crippen LogP contribution in [0.15, 0.2) is 28.9 Å². The van der Waals surface area contributed by atoms with Gasteiger partial charge in [-0.25, -0.2) is 9.37 Å². The molecular weight excluding hydrogens is 299 g/mol. The number of hydrogen-bond donors (Lipinski definition) is 1. The number of carbonyl (C=O) groups is 1. The molecule has 0 saturated heterocycles. The number of nitrogens with one attached hydrogen (secondary N) is 1. The summed E-state index contributed by atoms with van der Waals surface area (Å²) >= 11 is 5.83.